The molecule has 1 rings (SSSR count). The summed E-state index contributed by atoms with van der Waals surface area (Å²) in [6, 6.07) is 6.90. The minimum atomic E-state index is 0.617. The van der Waals surface area contributed by atoms with Gasteiger partial charge in [-0.25, -0.2) is 0 Å². The van der Waals surface area contributed by atoms with Crippen molar-refractivity contribution in [1.82, 2.24) is 10.2 Å². The van der Waals surface area contributed by atoms with Crippen LogP contribution in [0.25, 0.3) is 0 Å². The van der Waals surface area contributed by atoms with E-state index in [9.17, 15) is 0 Å². The fourth-order valence-corrected chi connectivity index (χ4v) is 2.05. The molecule has 0 spiro atoms. The number of hydrogen-bond donors (Lipinski definition) is 1. The summed E-state index contributed by atoms with van der Waals surface area (Å²) in [4.78, 5) is 2.39. The molecule has 1 aromatic carbocycles. The molecule has 0 saturated heterocycles. The van der Waals surface area contributed by atoms with Crippen molar-refractivity contribution in [1.29, 1.82) is 0 Å². The summed E-state index contributed by atoms with van der Waals surface area (Å²) in [5, 5.41) is 3.19. The second-order valence-electron chi connectivity index (χ2n) is 5.50. The summed E-state index contributed by atoms with van der Waals surface area (Å²) in [5.41, 5.74) is 4.37. The van der Waals surface area contributed by atoms with Gasteiger partial charge in [0.05, 0.1) is 0 Å². The molecule has 0 amide bonds. The number of benzene rings is 1. The first kappa shape index (κ1) is 15.2. The lowest BCUT2D eigenvalue weighted by Gasteiger charge is -2.18. The van der Waals surface area contributed by atoms with Gasteiger partial charge in [0.2, 0.25) is 0 Å². The van der Waals surface area contributed by atoms with Gasteiger partial charge in [-0.05, 0) is 50.0 Å². The molecule has 18 heavy (non-hydrogen) atoms. The van der Waals surface area contributed by atoms with Crippen LogP contribution < -0.4 is 5.32 Å². The Morgan fingerprint density at radius 1 is 1.22 bits per heavy atom. The summed E-state index contributed by atoms with van der Waals surface area (Å²) in [6.45, 7) is 10.0. The van der Waals surface area contributed by atoms with E-state index in [4.69, 9.17) is 0 Å². The average molecular weight is 248 g/mol. The van der Waals surface area contributed by atoms with Gasteiger partial charge in [0.1, 0.15) is 0 Å². The normalized spacial score (nSPS) is 11.5. The van der Waals surface area contributed by atoms with Crippen LogP contribution in [0.15, 0.2) is 18.2 Å². The lowest BCUT2D eigenvalue weighted by atomic mass is 9.96. The maximum atomic E-state index is 3.19. The van der Waals surface area contributed by atoms with Crippen LogP contribution >= 0.6 is 0 Å². The Labute approximate surface area is 112 Å². The monoisotopic (exact) mass is 248 g/mol. The predicted molar refractivity (Wildman–Crippen MR) is 80.4 cm³/mol. The van der Waals surface area contributed by atoms with Gasteiger partial charge in [0.15, 0.2) is 0 Å². The molecule has 0 aromatic heterocycles. The molecule has 0 fully saturated rings. The molecule has 1 N–H and O–H groups in total. The summed E-state index contributed by atoms with van der Waals surface area (Å²) < 4.78 is 0. The number of hydrogen-bond acceptors (Lipinski definition) is 2. The fourth-order valence-electron chi connectivity index (χ4n) is 2.05. The van der Waals surface area contributed by atoms with E-state index in [-0.39, 0.29) is 0 Å². The molecule has 0 bridgehead atoms. The highest BCUT2D eigenvalue weighted by atomic mass is 15.1. The van der Waals surface area contributed by atoms with Crippen LogP contribution in [0.1, 0.15) is 36.5 Å². The van der Waals surface area contributed by atoms with Crippen molar-refractivity contribution in [3.63, 3.8) is 0 Å². The molecule has 0 aliphatic carbocycles. The quantitative estimate of drug-likeness (QED) is 0.798. The van der Waals surface area contributed by atoms with Crippen LogP contribution in [0.2, 0.25) is 0 Å². The Balaban J connectivity index is 2.58. The van der Waals surface area contributed by atoms with Crippen LogP contribution in [-0.4, -0.2) is 38.6 Å². The highest BCUT2D eigenvalue weighted by Crippen LogP contribution is 2.19. The Morgan fingerprint density at radius 2 is 1.94 bits per heavy atom. The van der Waals surface area contributed by atoms with Crippen LogP contribution in [0.4, 0.5) is 0 Å². The summed E-state index contributed by atoms with van der Waals surface area (Å²) in [5.74, 6) is 0.617. The van der Waals surface area contributed by atoms with Crippen molar-refractivity contribution in [2.75, 3.05) is 33.7 Å². The van der Waals surface area contributed by atoms with Gasteiger partial charge in [0.25, 0.3) is 0 Å². The van der Waals surface area contributed by atoms with Gasteiger partial charge >= 0.3 is 0 Å². The van der Waals surface area contributed by atoms with Crippen LogP contribution in [0.5, 0.6) is 0 Å². The number of likely N-dealkylation sites (N-methyl/N-ethyl adjacent to an activating group) is 2. The van der Waals surface area contributed by atoms with Crippen LogP contribution in [0.3, 0.4) is 0 Å². The average Bonchev–Trinajstić information content (AvgIpc) is 2.35. The van der Waals surface area contributed by atoms with Crippen molar-refractivity contribution >= 4 is 0 Å². The molecule has 102 valence electrons. The molecular formula is C16H28N2. The third-order valence-corrected chi connectivity index (χ3v) is 3.55. The first-order valence-corrected chi connectivity index (χ1v) is 6.97. The molecule has 0 saturated carbocycles. The summed E-state index contributed by atoms with van der Waals surface area (Å²) in [7, 11) is 4.20. The summed E-state index contributed by atoms with van der Waals surface area (Å²) >= 11 is 0. The van der Waals surface area contributed by atoms with Gasteiger partial charge < -0.3 is 10.2 Å². The van der Waals surface area contributed by atoms with E-state index in [0.29, 0.717) is 5.92 Å². The lowest BCUT2D eigenvalue weighted by Crippen LogP contribution is -2.29. The van der Waals surface area contributed by atoms with Crippen molar-refractivity contribution in [3.8, 4) is 0 Å². The van der Waals surface area contributed by atoms with Crippen molar-refractivity contribution in [2.24, 2.45) is 0 Å². The van der Waals surface area contributed by atoms with Crippen LogP contribution in [0, 0.1) is 6.92 Å². The van der Waals surface area contributed by atoms with E-state index in [1.165, 1.54) is 16.7 Å². The third kappa shape index (κ3) is 4.79. The first-order valence-electron chi connectivity index (χ1n) is 6.97. The minimum absolute atomic E-state index is 0.617. The molecule has 0 aliphatic rings. The highest BCUT2D eigenvalue weighted by Gasteiger charge is 2.05. The predicted octanol–water partition coefficient (Wildman–Crippen LogP) is 2.81. The second kappa shape index (κ2) is 7.55. The van der Waals surface area contributed by atoms with Crippen LogP contribution in [-0.2, 0) is 6.42 Å². The Morgan fingerprint density at radius 3 is 2.56 bits per heavy atom. The van der Waals surface area contributed by atoms with Crippen molar-refractivity contribution in [2.45, 2.75) is 33.1 Å². The molecule has 0 atom stereocenters. The SMILES string of the molecule is CNCCN(C)CCc1cc(C(C)C)ccc1C. The molecular weight excluding hydrogens is 220 g/mol. The van der Waals surface area contributed by atoms with E-state index in [1.807, 2.05) is 7.05 Å². The lowest BCUT2D eigenvalue weighted by molar-refractivity contribution is 0.339. The molecule has 0 radical (unpaired) electrons. The van der Waals surface area contributed by atoms with Crippen molar-refractivity contribution in [3.05, 3.63) is 34.9 Å². The zero-order chi connectivity index (χ0) is 13.5. The van der Waals surface area contributed by atoms with Gasteiger partial charge in [-0.3, -0.25) is 0 Å². The molecule has 2 nitrogen and oxygen atoms in total. The fraction of sp³-hybridized carbons (Fsp3) is 0.625. The number of nitrogens with zero attached hydrogens (tertiary/aromatic N) is 1. The van der Waals surface area contributed by atoms with Crippen molar-refractivity contribution < 1.29 is 0 Å². The van der Waals surface area contributed by atoms with E-state index in [1.54, 1.807) is 0 Å². The van der Waals surface area contributed by atoms with E-state index in [2.05, 4.69) is 56.2 Å². The maximum Gasteiger partial charge on any atom is 0.0104 e. The van der Waals surface area contributed by atoms with E-state index in [0.717, 1.165) is 26.1 Å². The van der Waals surface area contributed by atoms with Gasteiger partial charge in [-0.2, -0.15) is 0 Å². The minimum Gasteiger partial charge on any atom is -0.318 e. The molecule has 1 aromatic rings. The Hall–Kier alpha value is -0.860. The largest absolute Gasteiger partial charge is 0.318 e. The molecule has 0 aliphatic heterocycles. The zero-order valence-electron chi connectivity index (χ0n) is 12.6. The number of aryl methyl sites for hydroxylation is 1. The zero-order valence-corrected chi connectivity index (χ0v) is 12.6. The maximum absolute atomic E-state index is 3.19. The molecule has 0 heterocycles. The first-order chi connectivity index (χ1) is 8.54. The van der Waals surface area contributed by atoms with E-state index >= 15 is 0 Å². The molecule has 2 heteroatoms. The van der Waals surface area contributed by atoms with Gasteiger partial charge in [-0.1, -0.05) is 32.0 Å². The number of nitrogens with one attached hydrogen (secondary N) is 1. The standard InChI is InChI=1S/C16H28N2/c1-13(2)15-7-6-14(3)16(12-15)8-10-18(5)11-9-17-4/h6-7,12-13,17H,8-11H2,1-5H3. The molecule has 0 unspecified atom stereocenters. The summed E-state index contributed by atoms with van der Waals surface area (Å²) in [6.07, 6.45) is 1.15. The topological polar surface area (TPSA) is 15.3 Å². The van der Waals surface area contributed by atoms with Gasteiger partial charge in [-0.15, -0.1) is 0 Å². The Bertz CT molecular complexity index is 358. The highest BCUT2D eigenvalue weighted by molar-refractivity contribution is 5.32. The van der Waals surface area contributed by atoms with E-state index < -0.39 is 0 Å². The Kier molecular flexibility index (Phi) is 6.37. The second-order valence-corrected chi connectivity index (χ2v) is 5.50. The smallest absolute Gasteiger partial charge is 0.0104 e. The third-order valence-electron chi connectivity index (χ3n) is 3.55. The van der Waals surface area contributed by atoms with Gasteiger partial charge in [0, 0.05) is 19.6 Å². The number of rotatable bonds is 7.